The fourth-order valence-electron chi connectivity index (χ4n) is 2.62. The number of anilines is 1. The Kier molecular flexibility index (Phi) is 4.82. The van der Waals surface area contributed by atoms with Crippen LogP contribution in [-0.4, -0.2) is 31.7 Å². The number of nitrogens with one attached hydrogen (secondary N) is 1. The molecule has 1 fully saturated rings. The zero-order valence-electron chi connectivity index (χ0n) is 15.9. The molecule has 2 heterocycles. The van der Waals surface area contributed by atoms with Crippen molar-refractivity contribution in [3.8, 4) is 0 Å². The van der Waals surface area contributed by atoms with Gasteiger partial charge in [0, 0.05) is 11.7 Å². The van der Waals surface area contributed by atoms with Gasteiger partial charge in [-0.15, -0.1) is 0 Å². The Morgan fingerprint density at radius 2 is 1.70 bits per heavy atom. The lowest BCUT2D eigenvalue weighted by Gasteiger charge is -2.32. The molecule has 6 nitrogen and oxygen atoms in total. The maximum absolute atomic E-state index is 13.9. The summed E-state index contributed by atoms with van der Waals surface area (Å²) in [4.78, 5) is 3.81. The van der Waals surface area contributed by atoms with Crippen LogP contribution in [0.2, 0.25) is 0 Å². The van der Waals surface area contributed by atoms with Gasteiger partial charge in [0.15, 0.2) is 0 Å². The van der Waals surface area contributed by atoms with Gasteiger partial charge in [0.25, 0.3) is 10.0 Å². The molecule has 0 unspecified atom stereocenters. The molecule has 0 radical (unpaired) electrons. The number of halogens is 1. The van der Waals surface area contributed by atoms with E-state index < -0.39 is 39.1 Å². The molecule has 1 N–H and O–H groups in total. The maximum Gasteiger partial charge on any atom is 0.496 e. The molecule has 1 aromatic heterocycles. The second-order valence-corrected chi connectivity index (χ2v) is 9.18. The zero-order chi connectivity index (χ0) is 20.0. The van der Waals surface area contributed by atoms with Crippen LogP contribution in [0.1, 0.15) is 33.4 Å². The van der Waals surface area contributed by atoms with E-state index in [1.165, 1.54) is 18.2 Å². The quantitative estimate of drug-likeness (QED) is 0.810. The van der Waals surface area contributed by atoms with Crippen molar-refractivity contribution >= 4 is 28.3 Å². The highest BCUT2D eigenvalue weighted by atomic mass is 32.2. The molecule has 0 bridgehead atoms. The third-order valence-electron chi connectivity index (χ3n) is 5.00. The van der Waals surface area contributed by atoms with E-state index in [1.54, 1.807) is 19.2 Å². The van der Waals surface area contributed by atoms with E-state index in [0.29, 0.717) is 11.2 Å². The van der Waals surface area contributed by atoms with Gasteiger partial charge in [-0.05, 0) is 52.8 Å². The van der Waals surface area contributed by atoms with Gasteiger partial charge in [0.2, 0.25) is 0 Å². The van der Waals surface area contributed by atoms with Gasteiger partial charge in [-0.3, -0.25) is 9.71 Å². The molecular weight excluding hydrogens is 370 g/mol. The molecule has 3 rings (SSSR count). The number of aromatic nitrogens is 1. The van der Waals surface area contributed by atoms with E-state index in [9.17, 15) is 12.8 Å². The monoisotopic (exact) mass is 392 g/mol. The molecule has 9 heteroatoms. The van der Waals surface area contributed by atoms with E-state index in [2.05, 4.69) is 9.71 Å². The molecule has 0 amide bonds. The van der Waals surface area contributed by atoms with Crippen LogP contribution in [-0.2, 0) is 19.3 Å². The SMILES string of the molecule is Cc1ncc(B2OC(C)(C)C(C)(C)O2)cc1NS(=O)(=O)c1ccccc1F. The number of pyridine rings is 1. The summed E-state index contributed by atoms with van der Waals surface area (Å²) >= 11 is 0. The summed E-state index contributed by atoms with van der Waals surface area (Å²) in [5.74, 6) is -0.822. The lowest BCUT2D eigenvalue weighted by Crippen LogP contribution is -2.41. The summed E-state index contributed by atoms with van der Waals surface area (Å²) in [6.45, 7) is 9.37. The second-order valence-electron chi connectivity index (χ2n) is 7.53. The Balaban J connectivity index is 1.92. The molecule has 144 valence electrons. The minimum absolute atomic E-state index is 0.241. The summed E-state index contributed by atoms with van der Waals surface area (Å²) in [5.41, 5.74) is 0.205. The smallest absolute Gasteiger partial charge is 0.399 e. The van der Waals surface area contributed by atoms with Crippen LogP contribution < -0.4 is 10.2 Å². The highest BCUT2D eigenvalue weighted by Crippen LogP contribution is 2.36. The van der Waals surface area contributed by atoms with Gasteiger partial charge in [-0.2, -0.15) is 0 Å². The molecule has 1 aliphatic heterocycles. The molecule has 1 saturated heterocycles. The first kappa shape index (κ1) is 19.8. The molecule has 0 saturated carbocycles. The topological polar surface area (TPSA) is 77.5 Å². The molecule has 27 heavy (non-hydrogen) atoms. The van der Waals surface area contributed by atoms with E-state index in [0.717, 1.165) is 6.07 Å². The fourth-order valence-corrected chi connectivity index (χ4v) is 3.81. The van der Waals surface area contributed by atoms with E-state index >= 15 is 0 Å². The van der Waals surface area contributed by atoms with Gasteiger partial charge in [0.1, 0.15) is 10.7 Å². The van der Waals surface area contributed by atoms with Crippen LogP contribution in [0.3, 0.4) is 0 Å². The zero-order valence-corrected chi connectivity index (χ0v) is 16.7. The first-order valence-corrected chi connectivity index (χ1v) is 10.0. The molecule has 0 spiro atoms. The average Bonchev–Trinajstić information content (AvgIpc) is 2.77. The van der Waals surface area contributed by atoms with Crippen molar-refractivity contribution in [2.45, 2.75) is 50.7 Å². The first-order valence-electron chi connectivity index (χ1n) is 8.52. The Morgan fingerprint density at radius 1 is 1.11 bits per heavy atom. The predicted octanol–water partition coefficient (Wildman–Crippen LogP) is 2.63. The summed E-state index contributed by atoms with van der Waals surface area (Å²) < 4.78 is 53.4. The normalized spacial score (nSPS) is 18.5. The minimum Gasteiger partial charge on any atom is -0.399 e. The van der Waals surface area contributed by atoms with Crippen LogP contribution in [0, 0.1) is 12.7 Å². The summed E-state index contributed by atoms with van der Waals surface area (Å²) in [6.07, 6.45) is 1.58. The van der Waals surface area contributed by atoms with Crippen molar-refractivity contribution in [1.29, 1.82) is 0 Å². The molecule has 0 atom stereocenters. The highest BCUT2D eigenvalue weighted by molar-refractivity contribution is 7.92. The van der Waals surface area contributed by atoms with E-state index in [4.69, 9.17) is 9.31 Å². The molecule has 1 aromatic carbocycles. The summed E-state index contributed by atoms with van der Waals surface area (Å²) in [6, 6.07) is 6.80. The average molecular weight is 392 g/mol. The van der Waals surface area contributed by atoms with Crippen molar-refractivity contribution in [1.82, 2.24) is 4.98 Å². The Labute approximate surface area is 159 Å². The van der Waals surface area contributed by atoms with Crippen LogP contribution in [0.5, 0.6) is 0 Å². The number of rotatable bonds is 4. The third kappa shape index (κ3) is 3.72. The largest absolute Gasteiger partial charge is 0.496 e. The van der Waals surface area contributed by atoms with Gasteiger partial charge in [0.05, 0.1) is 22.6 Å². The molecule has 0 aliphatic carbocycles. The third-order valence-corrected chi connectivity index (χ3v) is 6.40. The van der Waals surface area contributed by atoms with E-state index in [-0.39, 0.29) is 5.69 Å². The predicted molar refractivity (Wildman–Crippen MR) is 102 cm³/mol. The second kappa shape index (κ2) is 6.58. The van der Waals surface area contributed by atoms with Crippen molar-refractivity contribution in [3.63, 3.8) is 0 Å². The number of sulfonamides is 1. The summed E-state index contributed by atoms with van der Waals surface area (Å²) in [7, 11) is -4.78. The Morgan fingerprint density at radius 3 is 2.30 bits per heavy atom. The number of nitrogens with zero attached hydrogens (tertiary/aromatic N) is 1. The van der Waals surface area contributed by atoms with Gasteiger partial charge < -0.3 is 9.31 Å². The first-order chi connectivity index (χ1) is 12.4. The van der Waals surface area contributed by atoms with Crippen molar-refractivity contribution in [2.75, 3.05) is 4.72 Å². The highest BCUT2D eigenvalue weighted by Gasteiger charge is 2.51. The number of aryl methyl sites for hydroxylation is 1. The Bertz CT molecular complexity index is 963. The molecule has 1 aliphatic rings. The van der Waals surface area contributed by atoms with Crippen LogP contribution in [0.25, 0.3) is 0 Å². The fraction of sp³-hybridized carbons (Fsp3) is 0.389. The van der Waals surface area contributed by atoms with Gasteiger partial charge in [-0.25, -0.2) is 12.8 Å². The van der Waals surface area contributed by atoms with E-state index in [1.807, 2.05) is 27.7 Å². The Hall–Kier alpha value is -1.97. The van der Waals surface area contributed by atoms with Crippen molar-refractivity contribution in [3.05, 3.63) is 48.0 Å². The lowest BCUT2D eigenvalue weighted by atomic mass is 9.80. The summed E-state index contributed by atoms with van der Waals surface area (Å²) in [5, 5.41) is 0. The van der Waals surface area contributed by atoms with Crippen LogP contribution in [0.4, 0.5) is 10.1 Å². The lowest BCUT2D eigenvalue weighted by molar-refractivity contribution is 0.00578. The van der Waals surface area contributed by atoms with Crippen molar-refractivity contribution in [2.24, 2.45) is 0 Å². The van der Waals surface area contributed by atoms with Gasteiger partial charge in [-0.1, -0.05) is 12.1 Å². The number of hydrogen-bond donors (Lipinski definition) is 1. The maximum atomic E-state index is 13.9. The standard InChI is InChI=1S/C18H22BFN2O4S/c1-12-15(22-27(23,24)16-9-7-6-8-14(16)20)10-13(11-21-12)19-25-17(2,3)18(4,5)26-19/h6-11,22H,1-5H3. The van der Waals surface area contributed by atoms with Crippen molar-refractivity contribution < 1.29 is 22.1 Å². The number of benzene rings is 1. The van der Waals surface area contributed by atoms with Gasteiger partial charge >= 0.3 is 7.12 Å². The molecule has 2 aromatic rings. The molecular formula is C18H22BFN2O4S. The number of hydrogen-bond acceptors (Lipinski definition) is 5. The van der Waals surface area contributed by atoms with Crippen LogP contribution in [0.15, 0.2) is 41.4 Å². The van der Waals surface area contributed by atoms with Crippen LogP contribution >= 0.6 is 0 Å². The minimum atomic E-state index is -4.10.